The molecule has 2 rings (SSSR count). The zero-order chi connectivity index (χ0) is 19.0. The minimum Gasteiger partial charge on any atom is -0.355 e. The molecule has 0 radical (unpaired) electrons. The molecule has 0 amide bonds. The average molecular weight is 319 g/mol. The van der Waals surface area contributed by atoms with Crippen molar-refractivity contribution < 1.29 is 4.11 Å². The number of nitrogens with one attached hydrogen (secondary N) is 1. The van der Waals surface area contributed by atoms with Gasteiger partial charge in [0.1, 0.15) is 0 Å². The van der Waals surface area contributed by atoms with Crippen LogP contribution in [-0.4, -0.2) is 0 Å². The predicted octanol–water partition coefficient (Wildman–Crippen LogP) is 6.68. The van der Waals surface area contributed by atoms with Gasteiger partial charge in [-0.2, -0.15) is 0 Å². The van der Waals surface area contributed by atoms with Gasteiger partial charge >= 0.3 is 0 Å². The topological polar surface area (TPSA) is 12.0 Å². The van der Waals surface area contributed by atoms with Crippen molar-refractivity contribution in [2.24, 2.45) is 0 Å². The van der Waals surface area contributed by atoms with Gasteiger partial charge < -0.3 is 5.32 Å². The molecule has 1 nitrogen and oxygen atoms in total. The number of rotatable bonds is 2. The van der Waals surface area contributed by atoms with Crippen LogP contribution in [0.4, 0.5) is 11.4 Å². The van der Waals surface area contributed by atoms with Crippen molar-refractivity contribution in [2.75, 3.05) is 5.32 Å². The highest BCUT2D eigenvalue weighted by Crippen LogP contribution is 2.30. The van der Waals surface area contributed by atoms with Gasteiger partial charge in [-0.05, 0) is 52.3 Å². The van der Waals surface area contributed by atoms with E-state index in [1.54, 1.807) is 26.0 Å². The van der Waals surface area contributed by atoms with Crippen molar-refractivity contribution >= 4 is 23.0 Å². The molecule has 2 aromatic rings. The van der Waals surface area contributed by atoms with Gasteiger partial charge in [-0.25, -0.2) is 0 Å². The molecule has 118 valence electrons. The molecular weight excluding hydrogens is 290 g/mol. The summed E-state index contributed by atoms with van der Waals surface area (Å²) in [5, 5.41) is 3.84. The fourth-order valence-electron chi connectivity index (χ4n) is 2.24. The summed E-state index contributed by atoms with van der Waals surface area (Å²) in [4.78, 5) is 0. The highest BCUT2D eigenvalue weighted by atomic mass is 35.5. The van der Waals surface area contributed by atoms with E-state index in [4.69, 9.17) is 15.7 Å². The number of benzene rings is 2. The maximum atomic E-state index is 7.79. The zero-order valence-corrected chi connectivity index (χ0v) is 14.7. The van der Waals surface area contributed by atoms with Crippen molar-refractivity contribution in [3.8, 4) is 0 Å². The Bertz CT molecular complexity index is 741. The Hall–Kier alpha value is -1.47. The fraction of sp³-hybridized carbons (Fsp3) is 0.400. The fourth-order valence-corrected chi connectivity index (χ4v) is 2.48. The number of hydrogen-bond donors (Lipinski definition) is 1. The lowest BCUT2D eigenvalue weighted by molar-refractivity contribution is 0.590. The minimum absolute atomic E-state index is 0.103. The molecule has 0 spiro atoms. The summed E-state index contributed by atoms with van der Waals surface area (Å²) in [6.07, 6.45) is 0. The van der Waals surface area contributed by atoms with Crippen molar-refractivity contribution in [3.63, 3.8) is 0 Å². The van der Waals surface area contributed by atoms with E-state index in [0.29, 0.717) is 10.6 Å². The lowest BCUT2D eigenvalue weighted by atomic mass is 9.86. The van der Waals surface area contributed by atoms with Gasteiger partial charge in [0.2, 0.25) is 0 Å². The maximum Gasteiger partial charge on any atom is 0.0429 e. The Balaban J connectivity index is 2.32. The molecule has 0 bridgehead atoms. The third-order valence-electron chi connectivity index (χ3n) is 3.66. The molecule has 0 aromatic heterocycles. The molecule has 0 heterocycles. The highest BCUT2D eigenvalue weighted by molar-refractivity contribution is 6.31. The van der Waals surface area contributed by atoms with Gasteiger partial charge in [0.15, 0.2) is 0 Å². The Morgan fingerprint density at radius 2 is 1.45 bits per heavy atom. The third-order valence-corrected chi connectivity index (χ3v) is 3.88. The van der Waals surface area contributed by atoms with Crippen molar-refractivity contribution in [2.45, 2.75) is 52.3 Å². The van der Waals surface area contributed by atoms with Crippen LogP contribution < -0.4 is 5.32 Å². The van der Waals surface area contributed by atoms with Crippen LogP contribution in [0.2, 0.25) is 5.02 Å². The first kappa shape index (κ1) is 13.0. The average Bonchev–Trinajstić information content (AvgIpc) is 2.45. The number of halogens is 1. The molecule has 2 heteroatoms. The largest absolute Gasteiger partial charge is 0.355 e. The SMILES string of the molecule is [2H]C([2H])([2H])C(C)(C)c1cc(Cl)cc(Nc2ccc(C(C)(C)C)cc2)c1. The van der Waals surface area contributed by atoms with Gasteiger partial charge in [-0.15, -0.1) is 0 Å². The summed E-state index contributed by atoms with van der Waals surface area (Å²) in [7, 11) is 0. The Kier molecular flexibility index (Phi) is 3.53. The van der Waals surface area contributed by atoms with E-state index in [9.17, 15) is 0 Å². The van der Waals surface area contributed by atoms with Crippen molar-refractivity contribution in [1.82, 2.24) is 0 Å². The lowest BCUT2D eigenvalue weighted by Gasteiger charge is -2.21. The predicted molar refractivity (Wildman–Crippen MR) is 98.6 cm³/mol. The molecule has 0 aliphatic rings. The molecule has 0 saturated heterocycles. The van der Waals surface area contributed by atoms with E-state index in [1.165, 1.54) is 5.56 Å². The molecule has 0 unspecified atom stereocenters. The van der Waals surface area contributed by atoms with E-state index >= 15 is 0 Å². The van der Waals surface area contributed by atoms with Crippen molar-refractivity contribution in [3.05, 3.63) is 58.6 Å². The molecule has 1 N–H and O–H groups in total. The summed E-state index contributed by atoms with van der Waals surface area (Å²) < 4.78 is 23.4. The van der Waals surface area contributed by atoms with Crippen LogP contribution in [0.1, 0.15) is 56.7 Å². The molecule has 0 aliphatic carbocycles. The van der Waals surface area contributed by atoms with E-state index in [-0.39, 0.29) is 5.41 Å². The summed E-state index contributed by atoms with van der Waals surface area (Å²) >= 11 is 6.23. The van der Waals surface area contributed by atoms with E-state index < -0.39 is 12.3 Å². The maximum absolute atomic E-state index is 7.79. The minimum atomic E-state index is -2.11. The normalized spacial score (nSPS) is 14.9. The monoisotopic (exact) mass is 318 g/mol. The molecule has 0 aliphatic heterocycles. The molecule has 0 saturated carbocycles. The standard InChI is InChI=1S/C20H26ClN/c1-19(2,3)14-7-9-17(10-8-14)22-18-12-15(20(4,5)6)11-16(21)13-18/h7-13,22H,1-6H3/i4D3. The van der Waals surface area contributed by atoms with Crippen LogP contribution in [-0.2, 0) is 10.8 Å². The van der Waals surface area contributed by atoms with Crippen LogP contribution in [0, 0.1) is 0 Å². The molecular formula is C20H26ClN. The van der Waals surface area contributed by atoms with Gasteiger partial charge in [0.05, 0.1) is 0 Å². The highest BCUT2D eigenvalue weighted by Gasteiger charge is 2.16. The van der Waals surface area contributed by atoms with Gasteiger partial charge in [-0.1, -0.05) is 65.2 Å². The first-order chi connectivity index (χ1) is 11.3. The molecule has 0 atom stereocenters. The first-order valence-corrected chi connectivity index (χ1v) is 7.87. The summed E-state index contributed by atoms with van der Waals surface area (Å²) in [5.41, 5.74) is 2.79. The quantitative estimate of drug-likeness (QED) is 0.651. The smallest absolute Gasteiger partial charge is 0.0429 e. The number of anilines is 2. The van der Waals surface area contributed by atoms with Gasteiger partial charge in [0, 0.05) is 20.5 Å². The van der Waals surface area contributed by atoms with Crippen LogP contribution in [0.3, 0.4) is 0 Å². The summed E-state index contributed by atoms with van der Waals surface area (Å²) in [5.74, 6) is 0. The van der Waals surface area contributed by atoms with Crippen LogP contribution >= 0.6 is 11.6 Å². The van der Waals surface area contributed by atoms with E-state index in [2.05, 4.69) is 38.2 Å². The lowest BCUT2D eigenvalue weighted by Crippen LogP contribution is -2.11. The zero-order valence-electron chi connectivity index (χ0n) is 16.9. The molecule has 0 fully saturated rings. The Morgan fingerprint density at radius 1 is 0.818 bits per heavy atom. The van der Waals surface area contributed by atoms with E-state index in [0.717, 1.165) is 11.4 Å². The third kappa shape index (κ3) is 4.27. The molecule has 22 heavy (non-hydrogen) atoms. The Labute approximate surface area is 143 Å². The van der Waals surface area contributed by atoms with Crippen molar-refractivity contribution in [1.29, 1.82) is 0 Å². The van der Waals surface area contributed by atoms with Gasteiger partial charge in [0.25, 0.3) is 0 Å². The second-order valence-electron chi connectivity index (χ2n) is 7.31. The Morgan fingerprint density at radius 3 is 2.00 bits per heavy atom. The first-order valence-electron chi connectivity index (χ1n) is 8.99. The van der Waals surface area contributed by atoms with Crippen LogP contribution in [0.5, 0.6) is 0 Å². The van der Waals surface area contributed by atoms with E-state index in [1.807, 2.05) is 18.2 Å². The second-order valence-corrected chi connectivity index (χ2v) is 7.74. The molecule has 2 aromatic carbocycles. The number of hydrogen-bond acceptors (Lipinski definition) is 1. The second kappa shape index (κ2) is 5.96. The summed E-state index contributed by atoms with van der Waals surface area (Å²) in [6, 6.07) is 13.6. The van der Waals surface area contributed by atoms with Crippen LogP contribution in [0.25, 0.3) is 0 Å². The summed E-state index contributed by atoms with van der Waals surface area (Å²) in [6.45, 7) is 7.85. The van der Waals surface area contributed by atoms with Crippen LogP contribution in [0.15, 0.2) is 42.5 Å². The van der Waals surface area contributed by atoms with Gasteiger partial charge in [-0.3, -0.25) is 0 Å².